The van der Waals surface area contributed by atoms with E-state index < -0.39 is 0 Å². The van der Waals surface area contributed by atoms with Crippen molar-refractivity contribution < 1.29 is 9.53 Å². The summed E-state index contributed by atoms with van der Waals surface area (Å²) in [6.45, 7) is 0.836. The van der Waals surface area contributed by atoms with Crippen LogP contribution < -0.4 is 5.73 Å². The fourth-order valence-electron chi connectivity index (χ4n) is 1.61. The molecule has 1 heterocycles. The van der Waals surface area contributed by atoms with Gasteiger partial charge in [0.1, 0.15) is 0 Å². The summed E-state index contributed by atoms with van der Waals surface area (Å²) >= 11 is 1.67. The van der Waals surface area contributed by atoms with Crippen LogP contribution in [-0.4, -0.2) is 12.6 Å². The number of ether oxygens (including phenoxy) is 1. The fourth-order valence-corrected chi connectivity index (χ4v) is 2.30. The standard InChI is InChI=1S/C14H15NO2S/c15-10-11-3-1-4-12(9-11)14(16)17-7-6-13-5-2-8-18-13/h1-5,8-9H,6-7,10,15H2. The Morgan fingerprint density at radius 3 is 2.89 bits per heavy atom. The second-order valence-corrected chi connectivity index (χ2v) is 4.90. The Bertz CT molecular complexity index is 508. The summed E-state index contributed by atoms with van der Waals surface area (Å²) in [4.78, 5) is 13.0. The molecule has 3 nitrogen and oxygen atoms in total. The molecule has 0 bridgehead atoms. The quantitative estimate of drug-likeness (QED) is 0.842. The van der Waals surface area contributed by atoms with E-state index in [9.17, 15) is 4.79 Å². The topological polar surface area (TPSA) is 52.3 Å². The van der Waals surface area contributed by atoms with Crippen molar-refractivity contribution in [3.05, 3.63) is 57.8 Å². The molecule has 0 fully saturated rings. The van der Waals surface area contributed by atoms with Crippen LogP contribution in [0.2, 0.25) is 0 Å². The molecule has 0 unspecified atom stereocenters. The number of esters is 1. The van der Waals surface area contributed by atoms with E-state index in [0.29, 0.717) is 18.7 Å². The van der Waals surface area contributed by atoms with Crippen LogP contribution in [0.15, 0.2) is 41.8 Å². The van der Waals surface area contributed by atoms with E-state index in [4.69, 9.17) is 10.5 Å². The molecule has 18 heavy (non-hydrogen) atoms. The largest absolute Gasteiger partial charge is 0.462 e. The zero-order valence-electron chi connectivity index (χ0n) is 9.96. The molecule has 94 valence electrons. The highest BCUT2D eigenvalue weighted by Crippen LogP contribution is 2.10. The molecular formula is C14H15NO2S. The van der Waals surface area contributed by atoms with Crippen molar-refractivity contribution in [2.45, 2.75) is 13.0 Å². The van der Waals surface area contributed by atoms with Crippen molar-refractivity contribution in [1.29, 1.82) is 0 Å². The Kier molecular flexibility index (Phi) is 4.50. The first kappa shape index (κ1) is 12.8. The lowest BCUT2D eigenvalue weighted by Crippen LogP contribution is -2.08. The molecule has 0 aliphatic heterocycles. The monoisotopic (exact) mass is 261 g/mol. The number of nitrogens with two attached hydrogens (primary N) is 1. The molecule has 0 aliphatic rings. The lowest BCUT2D eigenvalue weighted by atomic mass is 10.1. The summed E-state index contributed by atoms with van der Waals surface area (Å²) in [5.74, 6) is -0.290. The Balaban J connectivity index is 1.87. The van der Waals surface area contributed by atoms with Crippen molar-refractivity contribution in [3.63, 3.8) is 0 Å². The number of hydrogen-bond donors (Lipinski definition) is 1. The molecule has 0 atom stereocenters. The predicted octanol–water partition coefficient (Wildman–Crippen LogP) is 2.61. The first-order valence-electron chi connectivity index (χ1n) is 5.78. The minimum atomic E-state index is -0.290. The first-order chi connectivity index (χ1) is 8.79. The Morgan fingerprint density at radius 1 is 1.28 bits per heavy atom. The molecule has 2 rings (SSSR count). The second-order valence-electron chi connectivity index (χ2n) is 3.87. The van der Waals surface area contributed by atoms with Crippen LogP contribution in [-0.2, 0) is 17.7 Å². The first-order valence-corrected chi connectivity index (χ1v) is 6.66. The SMILES string of the molecule is NCc1cccc(C(=O)OCCc2cccs2)c1. The van der Waals surface area contributed by atoms with Crippen molar-refractivity contribution >= 4 is 17.3 Å². The summed E-state index contributed by atoms with van der Waals surface area (Å²) in [5, 5.41) is 2.02. The Labute approximate surface area is 110 Å². The van der Waals surface area contributed by atoms with Gasteiger partial charge in [0.05, 0.1) is 12.2 Å². The molecule has 4 heteroatoms. The maximum absolute atomic E-state index is 11.8. The maximum Gasteiger partial charge on any atom is 0.338 e. The third-order valence-corrected chi connectivity index (χ3v) is 3.50. The zero-order valence-corrected chi connectivity index (χ0v) is 10.8. The minimum absolute atomic E-state index is 0.290. The van der Waals surface area contributed by atoms with Gasteiger partial charge in [-0.15, -0.1) is 11.3 Å². The van der Waals surface area contributed by atoms with Gasteiger partial charge in [-0.05, 0) is 29.1 Å². The number of rotatable bonds is 5. The van der Waals surface area contributed by atoms with Crippen LogP contribution in [0.5, 0.6) is 0 Å². The molecule has 0 radical (unpaired) electrons. The molecule has 0 amide bonds. The molecule has 0 saturated carbocycles. The minimum Gasteiger partial charge on any atom is -0.462 e. The number of thiophene rings is 1. The molecule has 2 aromatic rings. The molecule has 1 aromatic carbocycles. The van der Waals surface area contributed by atoms with E-state index in [2.05, 4.69) is 0 Å². The zero-order chi connectivity index (χ0) is 12.8. The summed E-state index contributed by atoms with van der Waals surface area (Å²) < 4.78 is 5.23. The van der Waals surface area contributed by atoms with E-state index >= 15 is 0 Å². The number of carbonyl (C=O) groups is 1. The van der Waals surface area contributed by atoms with Crippen LogP contribution in [0.4, 0.5) is 0 Å². The number of hydrogen-bond acceptors (Lipinski definition) is 4. The van der Waals surface area contributed by atoms with E-state index in [1.165, 1.54) is 4.88 Å². The van der Waals surface area contributed by atoms with E-state index in [-0.39, 0.29) is 5.97 Å². The molecule has 0 saturated heterocycles. The summed E-state index contributed by atoms with van der Waals surface area (Å²) in [6.07, 6.45) is 0.764. The summed E-state index contributed by atoms with van der Waals surface area (Å²) in [6, 6.07) is 11.3. The molecule has 0 aliphatic carbocycles. The van der Waals surface area contributed by atoms with Crippen LogP contribution >= 0.6 is 11.3 Å². The van der Waals surface area contributed by atoms with Crippen LogP contribution in [0.25, 0.3) is 0 Å². The highest BCUT2D eigenvalue weighted by molar-refractivity contribution is 7.09. The summed E-state index contributed by atoms with van der Waals surface area (Å²) in [7, 11) is 0. The van der Waals surface area contributed by atoms with Gasteiger partial charge in [-0.2, -0.15) is 0 Å². The van der Waals surface area contributed by atoms with Crippen molar-refractivity contribution in [2.75, 3.05) is 6.61 Å². The van der Waals surface area contributed by atoms with Gasteiger partial charge >= 0.3 is 5.97 Å². The molecule has 2 N–H and O–H groups in total. The Hall–Kier alpha value is -1.65. The van der Waals surface area contributed by atoms with Gasteiger partial charge in [-0.1, -0.05) is 18.2 Å². The van der Waals surface area contributed by atoms with Crippen molar-refractivity contribution in [2.24, 2.45) is 5.73 Å². The lowest BCUT2D eigenvalue weighted by molar-refractivity contribution is 0.0510. The summed E-state index contributed by atoms with van der Waals surface area (Å²) in [5.41, 5.74) is 7.02. The third-order valence-electron chi connectivity index (χ3n) is 2.56. The van der Waals surface area contributed by atoms with E-state index in [1.54, 1.807) is 23.5 Å². The Morgan fingerprint density at radius 2 is 2.17 bits per heavy atom. The van der Waals surface area contributed by atoms with E-state index in [0.717, 1.165) is 12.0 Å². The molecule has 1 aromatic heterocycles. The lowest BCUT2D eigenvalue weighted by Gasteiger charge is -2.05. The molecule has 0 spiro atoms. The number of carbonyl (C=O) groups excluding carboxylic acids is 1. The fraction of sp³-hybridized carbons (Fsp3) is 0.214. The van der Waals surface area contributed by atoms with Gasteiger partial charge in [0.15, 0.2) is 0 Å². The van der Waals surface area contributed by atoms with Gasteiger partial charge in [-0.3, -0.25) is 0 Å². The van der Waals surface area contributed by atoms with Gasteiger partial charge in [0.25, 0.3) is 0 Å². The van der Waals surface area contributed by atoms with Gasteiger partial charge in [0.2, 0.25) is 0 Å². The van der Waals surface area contributed by atoms with Gasteiger partial charge in [0, 0.05) is 17.8 Å². The predicted molar refractivity (Wildman–Crippen MR) is 72.6 cm³/mol. The van der Waals surface area contributed by atoms with Gasteiger partial charge < -0.3 is 10.5 Å². The smallest absolute Gasteiger partial charge is 0.338 e. The average molecular weight is 261 g/mol. The third kappa shape index (κ3) is 3.42. The van der Waals surface area contributed by atoms with Crippen LogP contribution in [0.3, 0.4) is 0 Å². The highest BCUT2D eigenvalue weighted by Gasteiger charge is 2.07. The van der Waals surface area contributed by atoms with Crippen molar-refractivity contribution in [1.82, 2.24) is 0 Å². The van der Waals surface area contributed by atoms with E-state index in [1.807, 2.05) is 29.6 Å². The highest BCUT2D eigenvalue weighted by atomic mass is 32.1. The van der Waals surface area contributed by atoms with Crippen LogP contribution in [0.1, 0.15) is 20.8 Å². The van der Waals surface area contributed by atoms with Crippen molar-refractivity contribution in [3.8, 4) is 0 Å². The average Bonchev–Trinajstić information content (AvgIpc) is 2.92. The van der Waals surface area contributed by atoms with Crippen LogP contribution in [0, 0.1) is 0 Å². The second kappa shape index (κ2) is 6.33. The van der Waals surface area contributed by atoms with Gasteiger partial charge in [-0.25, -0.2) is 4.79 Å². The molecular weight excluding hydrogens is 246 g/mol. The number of benzene rings is 1. The normalized spacial score (nSPS) is 10.3. The maximum atomic E-state index is 11.8.